The van der Waals surface area contributed by atoms with Gasteiger partial charge in [-0.25, -0.2) is 0 Å². The third kappa shape index (κ3) is 4.59. The number of ether oxygens (including phenoxy) is 2. The summed E-state index contributed by atoms with van der Waals surface area (Å²) < 4.78 is 37.6. The van der Waals surface area contributed by atoms with Gasteiger partial charge in [-0.1, -0.05) is 26.4 Å². The summed E-state index contributed by atoms with van der Waals surface area (Å²) >= 11 is 0. The van der Waals surface area contributed by atoms with Crippen LogP contribution in [0.25, 0.3) is 0 Å². The summed E-state index contributed by atoms with van der Waals surface area (Å²) in [7, 11) is -4.60. The molecule has 0 radical (unpaired) electrons. The molecule has 0 spiro atoms. The van der Waals surface area contributed by atoms with Crippen LogP contribution in [-0.2, 0) is 27.6 Å². The van der Waals surface area contributed by atoms with Gasteiger partial charge in [0.25, 0.3) is 0 Å². The first-order valence-electron chi connectivity index (χ1n) is 9.74. The van der Waals surface area contributed by atoms with E-state index in [-0.39, 0.29) is 42.4 Å². The molecule has 3 fully saturated rings. The fraction of sp³-hybridized carbons (Fsp3) is 0.895. The quantitative estimate of drug-likeness (QED) is 0.553. The van der Waals surface area contributed by atoms with E-state index in [4.69, 9.17) is 27.6 Å². The SMILES string of the molecule is C=P1(C)OC[C@@]2(C)O[C@@H](C)[C@H](C)[C@@H]2OP(=C)(C)OC[C@H]2O[C@@H](C)[C@H](O1)[C@@H]2C. The first-order valence-corrected chi connectivity index (χ1v) is 14.3. The lowest BCUT2D eigenvalue weighted by Gasteiger charge is -2.36. The van der Waals surface area contributed by atoms with E-state index in [1.165, 1.54) is 0 Å². The van der Waals surface area contributed by atoms with Crippen molar-refractivity contribution in [3.8, 4) is 0 Å². The molecule has 3 aliphatic heterocycles. The molecule has 158 valence electrons. The van der Waals surface area contributed by atoms with E-state index in [1.54, 1.807) is 0 Å². The molecule has 3 rings (SSSR count). The van der Waals surface area contributed by atoms with Crippen LogP contribution in [0.3, 0.4) is 0 Å². The summed E-state index contributed by atoms with van der Waals surface area (Å²) in [6, 6.07) is 0. The molecule has 0 amide bonds. The Balaban J connectivity index is 1.91. The molecule has 27 heavy (non-hydrogen) atoms. The van der Waals surface area contributed by atoms with E-state index in [1.807, 2.05) is 27.2 Å². The molecule has 10 atom stereocenters. The van der Waals surface area contributed by atoms with Crippen LogP contribution in [0.1, 0.15) is 34.6 Å². The number of hydrogen-bond donors (Lipinski definition) is 0. The third-order valence-electron chi connectivity index (χ3n) is 6.05. The molecular formula is C19H36O6P2. The van der Waals surface area contributed by atoms with Crippen molar-refractivity contribution in [1.29, 1.82) is 0 Å². The summed E-state index contributed by atoms with van der Waals surface area (Å²) in [5.41, 5.74) is -0.593. The molecule has 0 aliphatic carbocycles. The molecule has 0 aromatic rings. The molecule has 6 nitrogen and oxygen atoms in total. The second kappa shape index (κ2) is 7.56. The summed E-state index contributed by atoms with van der Waals surface area (Å²) in [5, 5.41) is 0. The average Bonchev–Trinajstić information content (AvgIpc) is 2.93. The molecule has 0 aromatic carbocycles. The highest BCUT2D eigenvalue weighted by Crippen LogP contribution is 2.55. The second-order valence-corrected chi connectivity index (χ2v) is 13.9. The van der Waals surface area contributed by atoms with Crippen molar-refractivity contribution < 1.29 is 27.6 Å². The van der Waals surface area contributed by atoms with Gasteiger partial charge in [0.1, 0.15) is 26.4 Å². The smallest absolute Gasteiger partial charge is 0.116 e. The lowest BCUT2D eigenvalue weighted by molar-refractivity contribution is -0.0855. The second-order valence-electron chi connectivity index (χ2n) is 8.93. The van der Waals surface area contributed by atoms with Gasteiger partial charge in [-0.15, -0.1) is 0 Å². The summed E-state index contributed by atoms with van der Waals surface area (Å²) in [4.78, 5) is 0. The van der Waals surface area contributed by atoms with Crippen molar-refractivity contribution in [2.75, 3.05) is 26.5 Å². The Morgan fingerprint density at radius 2 is 1.52 bits per heavy atom. The van der Waals surface area contributed by atoms with Gasteiger partial charge in [-0.3, -0.25) is 0 Å². The lowest BCUT2D eigenvalue weighted by atomic mass is 9.92. The summed E-state index contributed by atoms with van der Waals surface area (Å²) in [5.74, 6) is 0.381. The van der Waals surface area contributed by atoms with Gasteiger partial charge in [-0.05, 0) is 20.8 Å². The predicted molar refractivity (Wildman–Crippen MR) is 113 cm³/mol. The minimum atomic E-state index is -2.30. The number of fused-ring (bicyclic) bond motifs is 3. The first-order chi connectivity index (χ1) is 12.3. The zero-order valence-corrected chi connectivity index (χ0v) is 19.5. The average molecular weight is 422 g/mol. The van der Waals surface area contributed by atoms with Crippen LogP contribution < -0.4 is 0 Å². The molecule has 0 N–H and O–H groups in total. The van der Waals surface area contributed by atoms with Crippen molar-refractivity contribution in [2.45, 2.75) is 70.7 Å². The Morgan fingerprint density at radius 1 is 0.889 bits per heavy atom. The highest BCUT2D eigenvalue weighted by atomic mass is 31.2. The molecule has 8 heteroatoms. The number of hydrogen-bond acceptors (Lipinski definition) is 6. The molecule has 0 aromatic heterocycles. The van der Waals surface area contributed by atoms with Crippen LogP contribution in [0.4, 0.5) is 0 Å². The monoisotopic (exact) mass is 422 g/mol. The van der Waals surface area contributed by atoms with E-state index in [0.717, 1.165) is 0 Å². The van der Waals surface area contributed by atoms with Crippen molar-refractivity contribution in [3.63, 3.8) is 0 Å². The molecule has 0 saturated carbocycles. The maximum atomic E-state index is 6.47. The summed E-state index contributed by atoms with van der Waals surface area (Å²) in [6.45, 7) is 15.1. The topological polar surface area (TPSA) is 55.4 Å². The zero-order valence-electron chi connectivity index (χ0n) is 17.7. The third-order valence-corrected chi connectivity index (χ3v) is 8.78. The maximum absolute atomic E-state index is 6.47. The van der Waals surface area contributed by atoms with Gasteiger partial charge >= 0.3 is 0 Å². The van der Waals surface area contributed by atoms with Crippen molar-refractivity contribution >= 4 is 27.3 Å². The highest BCUT2D eigenvalue weighted by Gasteiger charge is 2.52. The molecule has 2 bridgehead atoms. The van der Waals surface area contributed by atoms with Crippen LogP contribution >= 0.6 is 14.7 Å². The Morgan fingerprint density at radius 3 is 2.19 bits per heavy atom. The maximum Gasteiger partial charge on any atom is 0.116 e. The molecule has 3 saturated heterocycles. The van der Waals surface area contributed by atoms with E-state index < -0.39 is 20.3 Å². The standard InChI is InChI=1S/C19H36O6P2/c1-12-14(3)23-19(5)11-21-27(8,9)24-17-13(2)16(22-15(17)4)10-20-26(6,7)25-18(12)19/h12-18H,6,8,10-11H2,1-5,7,9H3/t12-,13+,14-,15-,16+,17+,18-,19+,26?,27?/m0/s1. The molecule has 2 unspecified atom stereocenters. The molecule has 3 heterocycles. The summed E-state index contributed by atoms with van der Waals surface area (Å²) in [6.07, 6.45) is 8.25. The van der Waals surface area contributed by atoms with Crippen LogP contribution in [0.5, 0.6) is 0 Å². The minimum absolute atomic E-state index is 0.0392. The van der Waals surface area contributed by atoms with Crippen molar-refractivity contribution in [1.82, 2.24) is 0 Å². The predicted octanol–water partition coefficient (Wildman–Crippen LogP) is 3.86. The Labute approximate surface area is 164 Å². The van der Waals surface area contributed by atoms with Crippen LogP contribution in [-0.4, -0.2) is 75.3 Å². The van der Waals surface area contributed by atoms with E-state index in [9.17, 15) is 0 Å². The van der Waals surface area contributed by atoms with Gasteiger partial charge in [0.2, 0.25) is 0 Å². The van der Waals surface area contributed by atoms with Crippen molar-refractivity contribution in [3.05, 3.63) is 0 Å². The highest BCUT2D eigenvalue weighted by molar-refractivity contribution is 7.64. The van der Waals surface area contributed by atoms with E-state index in [2.05, 4.69) is 33.4 Å². The fourth-order valence-corrected chi connectivity index (χ4v) is 7.16. The van der Waals surface area contributed by atoms with Crippen LogP contribution in [0.15, 0.2) is 0 Å². The minimum Gasteiger partial charge on any atom is -0.370 e. The lowest BCUT2D eigenvalue weighted by Crippen LogP contribution is -2.43. The Hall–Kier alpha value is 0.360. The van der Waals surface area contributed by atoms with Crippen LogP contribution in [0.2, 0.25) is 0 Å². The van der Waals surface area contributed by atoms with Gasteiger partial charge in [0.15, 0.2) is 0 Å². The fourth-order valence-electron chi connectivity index (χ4n) is 4.27. The van der Waals surface area contributed by atoms with E-state index in [0.29, 0.717) is 13.2 Å². The van der Waals surface area contributed by atoms with E-state index >= 15 is 0 Å². The van der Waals surface area contributed by atoms with Gasteiger partial charge in [0.05, 0.1) is 37.6 Å². The first kappa shape index (κ1) is 22.1. The Bertz CT molecular complexity index is 654. The van der Waals surface area contributed by atoms with Crippen LogP contribution in [0, 0.1) is 11.8 Å². The van der Waals surface area contributed by atoms with Gasteiger partial charge in [-0.2, -0.15) is 0 Å². The van der Waals surface area contributed by atoms with Crippen molar-refractivity contribution in [2.24, 2.45) is 11.8 Å². The molecule has 3 aliphatic rings. The molecular weight excluding hydrogens is 386 g/mol. The van der Waals surface area contributed by atoms with Gasteiger partial charge in [0, 0.05) is 25.2 Å². The largest absolute Gasteiger partial charge is 0.370 e. The Kier molecular flexibility index (Phi) is 6.17. The number of rotatable bonds is 0. The zero-order chi connectivity index (χ0) is 20.2. The normalized spacial score (nSPS) is 57.4. The van der Waals surface area contributed by atoms with Gasteiger partial charge < -0.3 is 27.6 Å².